The third-order valence-electron chi connectivity index (χ3n) is 1.31. The minimum Gasteiger partial charge on any atom is -0.293 e. The monoisotopic (exact) mass is 180 g/mol. The van der Waals surface area contributed by atoms with Gasteiger partial charge in [-0.2, -0.15) is 8.42 Å². The summed E-state index contributed by atoms with van der Waals surface area (Å²) >= 11 is 0. The Morgan fingerprint density at radius 3 is 2.18 bits per heavy atom. The zero-order chi connectivity index (χ0) is 8.48. The number of hydrogen-bond acceptors (Lipinski definition) is 5. The van der Waals surface area contributed by atoms with Gasteiger partial charge in [0, 0.05) is 13.1 Å². The van der Waals surface area contributed by atoms with Crippen LogP contribution in [0, 0.1) is 0 Å². The average Bonchev–Trinajstić information content (AvgIpc) is 2.34. The predicted octanol–water partition coefficient (Wildman–Crippen LogP) is -2.08. The van der Waals surface area contributed by atoms with Crippen LogP contribution in [-0.2, 0) is 14.9 Å². The van der Waals surface area contributed by atoms with Crippen molar-refractivity contribution in [3.8, 4) is 0 Å². The minimum atomic E-state index is -4.55. The summed E-state index contributed by atoms with van der Waals surface area (Å²) in [5, 5.41) is 3.90. The number of carbonyl (C=O) groups is 1. The van der Waals surface area contributed by atoms with Gasteiger partial charge in [-0.1, -0.05) is 0 Å². The summed E-state index contributed by atoms with van der Waals surface area (Å²) in [4.78, 5) is 10.7. The van der Waals surface area contributed by atoms with Crippen molar-refractivity contribution < 1.29 is 17.8 Å². The number of carbonyl (C=O) groups excluding carboxylic acids is 1. The van der Waals surface area contributed by atoms with Gasteiger partial charge >= 0.3 is 15.2 Å². The van der Waals surface area contributed by atoms with Crippen molar-refractivity contribution in [1.82, 2.24) is 10.6 Å². The molecule has 64 valence electrons. The highest BCUT2D eigenvalue weighted by molar-refractivity contribution is 8.01. The Hall–Kier alpha value is -0.500. The molecular weight excluding hydrogens is 172 g/mol. The molecule has 1 saturated heterocycles. The molecule has 0 radical (unpaired) electrons. The smallest absolute Gasteiger partial charge is 0.293 e. The Balaban J connectivity index is 2.69. The molecule has 3 N–H and O–H groups in total. The van der Waals surface area contributed by atoms with Gasteiger partial charge in [-0.3, -0.25) is 20.0 Å². The molecule has 0 unspecified atom stereocenters. The van der Waals surface area contributed by atoms with Crippen LogP contribution >= 0.6 is 0 Å². The van der Waals surface area contributed by atoms with Gasteiger partial charge in [-0.15, -0.1) is 0 Å². The molecule has 0 aromatic carbocycles. The normalized spacial score (nSPS) is 20.5. The van der Waals surface area contributed by atoms with Crippen molar-refractivity contribution >= 4 is 15.2 Å². The minimum absolute atomic E-state index is 0.520. The zero-order valence-electron chi connectivity index (χ0n) is 5.57. The van der Waals surface area contributed by atoms with Crippen molar-refractivity contribution in [2.24, 2.45) is 0 Å². The van der Waals surface area contributed by atoms with Crippen molar-refractivity contribution in [1.29, 1.82) is 0 Å². The molecule has 0 spiro atoms. The molecule has 0 saturated carbocycles. The number of nitrogens with one attached hydrogen (secondary N) is 2. The largest absolute Gasteiger partial charge is 0.331 e. The van der Waals surface area contributed by atoms with Crippen molar-refractivity contribution in [2.75, 3.05) is 13.1 Å². The molecule has 0 aromatic heterocycles. The summed E-state index contributed by atoms with van der Waals surface area (Å²) in [6.45, 7) is 1.04. The van der Waals surface area contributed by atoms with E-state index >= 15 is 0 Å². The van der Waals surface area contributed by atoms with Gasteiger partial charge in [0.25, 0.3) is 0 Å². The van der Waals surface area contributed by atoms with Crippen molar-refractivity contribution in [3.05, 3.63) is 0 Å². The first-order valence-electron chi connectivity index (χ1n) is 3.00. The van der Waals surface area contributed by atoms with E-state index in [0.717, 1.165) is 0 Å². The lowest BCUT2D eigenvalue weighted by Crippen LogP contribution is -2.43. The maximum atomic E-state index is 10.7. The van der Waals surface area contributed by atoms with Crippen LogP contribution < -0.4 is 10.6 Å². The maximum absolute atomic E-state index is 10.7. The molecular formula is C4H8N2O4S. The second kappa shape index (κ2) is 2.86. The van der Waals surface area contributed by atoms with E-state index in [0.29, 0.717) is 13.1 Å². The Kier molecular flexibility index (Phi) is 2.23. The van der Waals surface area contributed by atoms with Crippen LogP contribution in [0.15, 0.2) is 0 Å². The van der Waals surface area contributed by atoms with Crippen LogP contribution in [0.5, 0.6) is 0 Å². The van der Waals surface area contributed by atoms with E-state index in [2.05, 4.69) is 10.6 Å². The molecule has 0 aromatic rings. The van der Waals surface area contributed by atoms with Crippen LogP contribution in [0.1, 0.15) is 0 Å². The molecule has 1 aliphatic rings. The van der Waals surface area contributed by atoms with Gasteiger partial charge in [0.2, 0.25) is 0 Å². The fourth-order valence-electron chi connectivity index (χ4n) is 0.821. The van der Waals surface area contributed by atoms with E-state index in [4.69, 9.17) is 4.55 Å². The SMILES string of the molecule is O=C(C1NCCN1)S(=O)(=O)O. The Labute approximate surface area is 63.7 Å². The molecule has 0 atom stereocenters. The summed E-state index contributed by atoms with van der Waals surface area (Å²) in [5.41, 5.74) is 0. The topological polar surface area (TPSA) is 95.5 Å². The third-order valence-corrected chi connectivity index (χ3v) is 2.06. The van der Waals surface area contributed by atoms with Gasteiger partial charge in [-0.05, 0) is 0 Å². The quantitative estimate of drug-likeness (QED) is 0.401. The molecule has 0 bridgehead atoms. The Morgan fingerprint density at radius 2 is 1.82 bits per heavy atom. The molecule has 0 aliphatic carbocycles. The highest BCUT2D eigenvalue weighted by Crippen LogP contribution is 1.94. The molecule has 1 aliphatic heterocycles. The molecule has 1 fully saturated rings. The van der Waals surface area contributed by atoms with E-state index in [1.54, 1.807) is 0 Å². The zero-order valence-corrected chi connectivity index (χ0v) is 6.39. The molecule has 11 heavy (non-hydrogen) atoms. The summed E-state index contributed by atoms with van der Waals surface area (Å²) in [6.07, 6.45) is -0.954. The lowest BCUT2D eigenvalue weighted by molar-refractivity contribution is -0.114. The number of rotatable bonds is 1. The predicted molar refractivity (Wildman–Crippen MR) is 36.3 cm³/mol. The first kappa shape index (κ1) is 8.60. The summed E-state index contributed by atoms with van der Waals surface area (Å²) < 4.78 is 28.8. The highest BCUT2D eigenvalue weighted by Gasteiger charge is 2.30. The Bertz CT molecular complexity index is 253. The van der Waals surface area contributed by atoms with Gasteiger partial charge in [0.1, 0.15) is 6.17 Å². The fraction of sp³-hybridized carbons (Fsp3) is 0.750. The number of hydrogen-bond donors (Lipinski definition) is 3. The fourth-order valence-corrected chi connectivity index (χ4v) is 1.29. The van der Waals surface area contributed by atoms with Gasteiger partial charge in [-0.25, -0.2) is 0 Å². The second-order valence-corrected chi connectivity index (χ2v) is 3.49. The molecule has 6 nitrogen and oxygen atoms in total. The summed E-state index contributed by atoms with van der Waals surface area (Å²) in [5.74, 6) is 0. The van der Waals surface area contributed by atoms with Gasteiger partial charge in [0.15, 0.2) is 0 Å². The van der Waals surface area contributed by atoms with E-state index in [9.17, 15) is 13.2 Å². The second-order valence-electron chi connectivity index (χ2n) is 2.14. The first-order valence-corrected chi connectivity index (χ1v) is 4.44. The van der Waals surface area contributed by atoms with E-state index in [-0.39, 0.29) is 0 Å². The Morgan fingerprint density at radius 1 is 1.36 bits per heavy atom. The van der Waals surface area contributed by atoms with Crippen LogP contribution in [0.25, 0.3) is 0 Å². The van der Waals surface area contributed by atoms with Crippen LogP contribution in [0.3, 0.4) is 0 Å². The van der Waals surface area contributed by atoms with E-state index in [1.165, 1.54) is 0 Å². The standard InChI is InChI=1S/C4H8N2O4S/c7-4(11(8,9)10)3-5-1-2-6-3/h3,5-6H,1-2H2,(H,8,9,10). The van der Waals surface area contributed by atoms with Crippen LogP contribution in [-0.4, -0.2) is 37.3 Å². The lowest BCUT2D eigenvalue weighted by Gasteiger charge is -2.05. The summed E-state index contributed by atoms with van der Waals surface area (Å²) in [7, 11) is -4.55. The van der Waals surface area contributed by atoms with E-state index < -0.39 is 21.4 Å². The molecule has 0 amide bonds. The van der Waals surface area contributed by atoms with Gasteiger partial charge in [0.05, 0.1) is 0 Å². The van der Waals surface area contributed by atoms with Crippen LogP contribution in [0.4, 0.5) is 0 Å². The van der Waals surface area contributed by atoms with Gasteiger partial charge < -0.3 is 0 Å². The average molecular weight is 180 g/mol. The first-order chi connectivity index (χ1) is 5.02. The van der Waals surface area contributed by atoms with Crippen molar-refractivity contribution in [2.45, 2.75) is 6.17 Å². The van der Waals surface area contributed by atoms with E-state index in [1.807, 2.05) is 0 Å². The lowest BCUT2D eigenvalue weighted by atomic mass is 10.6. The molecule has 1 rings (SSSR count). The highest BCUT2D eigenvalue weighted by atomic mass is 32.2. The molecule has 1 heterocycles. The third kappa shape index (κ3) is 1.96. The van der Waals surface area contributed by atoms with Crippen molar-refractivity contribution in [3.63, 3.8) is 0 Å². The summed E-state index contributed by atoms with van der Waals surface area (Å²) in [6, 6.07) is 0. The molecule has 7 heteroatoms. The van der Waals surface area contributed by atoms with Crippen LogP contribution in [0.2, 0.25) is 0 Å². The maximum Gasteiger partial charge on any atom is 0.331 e.